The van der Waals surface area contributed by atoms with Crippen LogP contribution in [0.15, 0.2) is 60.3 Å². The highest BCUT2D eigenvalue weighted by molar-refractivity contribution is 5.73. The third kappa shape index (κ3) is 2.72. The molecule has 0 atom stereocenters. The van der Waals surface area contributed by atoms with Crippen LogP contribution in [0, 0.1) is 0 Å². The van der Waals surface area contributed by atoms with E-state index in [9.17, 15) is 0 Å². The van der Waals surface area contributed by atoms with Gasteiger partial charge in [0.15, 0.2) is 0 Å². The predicted molar refractivity (Wildman–Crippen MR) is 84.7 cm³/mol. The Morgan fingerprint density at radius 2 is 2.00 bits per heavy atom. The van der Waals surface area contributed by atoms with Gasteiger partial charge in [-0.2, -0.15) is 0 Å². The zero-order chi connectivity index (χ0) is 13.9. The Balaban J connectivity index is 1.83. The Morgan fingerprint density at radius 1 is 1.15 bits per heavy atom. The van der Waals surface area contributed by atoms with Crippen LogP contribution in [0.3, 0.4) is 0 Å². The van der Waals surface area contributed by atoms with Gasteiger partial charge >= 0.3 is 0 Å². The summed E-state index contributed by atoms with van der Waals surface area (Å²) in [4.78, 5) is 4.45. The van der Waals surface area contributed by atoms with Crippen molar-refractivity contribution >= 4 is 22.6 Å². The van der Waals surface area contributed by atoms with Gasteiger partial charge in [-0.15, -0.1) is 0 Å². The van der Waals surface area contributed by atoms with Gasteiger partial charge < -0.3 is 11.1 Å². The highest BCUT2D eigenvalue weighted by Crippen LogP contribution is 2.27. The van der Waals surface area contributed by atoms with Gasteiger partial charge in [0.2, 0.25) is 0 Å². The predicted octanol–water partition coefficient (Wildman–Crippen LogP) is 4.14. The molecule has 3 nitrogen and oxygen atoms in total. The molecule has 0 spiro atoms. The van der Waals surface area contributed by atoms with Crippen LogP contribution in [0.2, 0.25) is 0 Å². The maximum atomic E-state index is 5.79. The molecule has 0 aliphatic heterocycles. The summed E-state index contributed by atoms with van der Waals surface area (Å²) in [5.41, 5.74) is 12.1. The lowest BCUT2D eigenvalue weighted by molar-refractivity contribution is 1.24. The largest absolute Gasteiger partial charge is 0.399 e. The van der Waals surface area contributed by atoms with E-state index in [1.807, 2.05) is 36.5 Å². The Morgan fingerprint density at radius 3 is 2.75 bits per heavy atom. The zero-order valence-corrected chi connectivity index (χ0v) is 11.4. The molecule has 1 aromatic carbocycles. The van der Waals surface area contributed by atoms with E-state index in [1.54, 1.807) is 0 Å². The van der Waals surface area contributed by atoms with E-state index in [-0.39, 0.29) is 0 Å². The van der Waals surface area contributed by atoms with Gasteiger partial charge in [0, 0.05) is 23.3 Å². The Labute approximate surface area is 118 Å². The van der Waals surface area contributed by atoms with Gasteiger partial charge in [-0.05, 0) is 49.2 Å². The van der Waals surface area contributed by atoms with Crippen LogP contribution in [-0.2, 0) is 0 Å². The topological polar surface area (TPSA) is 50.9 Å². The fourth-order valence-electron chi connectivity index (χ4n) is 2.31. The number of nitrogens with one attached hydrogen (secondary N) is 1. The Bertz CT molecular complexity index is 699. The number of hydrogen-bond acceptors (Lipinski definition) is 3. The fraction of sp³-hybridized carbons (Fsp3) is 0.118. The molecule has 0 fully saturated rings. The monoisotopic (exact) mass is 263 g/mol. The molecule has 1 aromatic heterocycles. The Hall–Kier alpha value is -2.55. The molecule has 0 radical (unpaired) electrons. The van der Waals surface area contributed by atoms with E-state index in [4.69, 9.17) is 5.73 Å². The molecule has 2 aromatic rings. The first-order chi connectivity index (χ1) is 9.70. The highest BCUT2D eigenvalue weighted by Gasteiger charge is 2.08. The lowest BCUT2D eigenvalue weighted by atomic mass is 10.1. The summed E-state index contributed by atoms with van der Waals surface area (Å²) >= 11 is 0. The number of allylic oxidation sites excluding steroid dienone is 4. The lowest BCUT2D eigenvalue weighted by Gasteiger charge is -2.09. The standard InChI is InChI=1S/C17H17N3/c1-12-5-6-13(9-12)17-11-16(7-8-19-17)20-15-4-2-3-14(18)10-15/h2-5,7-11H,6,18H2,1H3,(H,19,20). The van der Waals surface area contributed by atoms with Gasteiger partial charge in [0.25, 0.3) is 0 Å². The molecule has 0 unspecified atom stereocenters. The van der Waals surface area contributed by atoms with Crippen molar-refractivity contribution in [3.63, 3.8) is 0 Å². The van der Waals surface area contributed by atoms with Crippen molar-refractivity contribution in [1.82, 2.24) is 4.98 Å². The van der Waals surface area contributed by atoms with Crippen LogP contribution >= 0.6 is 0 Å². The number of nitrogens with two attached hydrogens (primary N) is 1. The first-order valence-corrected chi connectivity index (χ1v) is 6.67. The van der Waals surface area contributed by atoms with E-state index in [2.05, 4.69) is 35.4 Å². The maximum absolute atomic E-state index is 5.79. The third-order valence-corrected chi connectivity index (χ3v) is 3.31. The first-order valence-electron chi connectivity index (χ1n) is 6.67. The van der Waals surface area contributed by atoms with E-state index < -0.39 is 0 Å². The summed E-state index contributed by atoms with van der Waals surface area (Å²) in [5.74, 6) is 0. The molecule has 1 aliphatic rings. The summed E-state index contributed by atoms with van der Waals surface area (Å²) in [6.45, 7) is 2.11. The molecule has 0 amide bonds. The summed E-state index contributed by atoms with van der Waals surface area (Å²) < 4.78 is 0. The third-order valence-electron chi connectivity index (χ3n) is 3.31. The van der Waals surface area contributed by atoms with Crippen LogP contribution in [-0.4, -0.2) is 4.98 Å². The van der Waals surface area contributed by atoms with E-state index in [0.29, 0.717) is 0 Å². The second kappa shape index (κ2) is 5.21. The number of benzene rings is 1. The number of aromatic nitrogens is 1. The number of pyridine rings is 1. The minimum absolute atomic E-state index is 0.752. The minimum Gasteiger partial charge on any atom is -0.399 e. The molecule has 3 rings (SSSR count). The highest BCUT2D eigenvalue weighted by atomic mass is 14.9. The average Bonchev–Trinajstić information content (AvgIpc) is 2.86. The normalized spacial score (nSPS) is 13.8. The van der Waals surface area contributed by atoms with Crippen molar-refractivity contribution < 1.29 is 0 Å². The first kappa shape index (κ1) is 12.5. The zero-order valence-electron chi connectivity index (χ0n) is 11.4. The maximum Gasteiger partial charge on any atom is 0.0685 e. The summed E-state index contributed by atoms with van der Waals surface area (Å²) in [7, 11) is 0. The van der Waals surface area contributed by atoms with E-state index in [1.165, 1.54) is 11.1 Å². The van der Waals surface area contributed by atoms with Gasteiger partial charge in [-0.25, -0.2) is 0 Å². The molecular formula is C17H17N3. The Kier molecular flexibility index (Phi) is 3.25. The molecule has 1 aliphatic carbocycles. The van der Waals surface area contributed by atoms with Gasteiger partial charge in [0.1, 0.15) is 0 Å². The van der Waals surface area contributed by atoms with Crippen LogP contribution in [0.25, 0.3) is 5.57 Å². The molecule has 100 valence electrons. The molecular weight excluding hydrogens is 246 g/mol. The number of nitrogens with zero attached hydrogens (tertiary/aromatic N) is 1. The molecule has 3 N–H and O–H groups in total. The summed E-state index contributed by atoms with van der Waals surface area (Å²) in [5, 5.41) is 3.36. The summed E-state index contributed by atoms with van der Waals surface area (Å²) in [6.07, 6.45) is 7.20. The quantitative estimate of drug-likeness (QED) is 0.818. The second-order valence-corrected chi connectivity index (χ2v) is 5.00. The summed E-state index contributed by atoms with van der Waals surface area (Å²) in [6, 6.07) is 11.8. The van der Waals surface area contributed by atoms with Crippen molar-refractivity contribution in [2.45, 2.75) is 13.3 Å². The second-order valence-electron chi connectivity index (χ2n) is 5.00. The van der Waals surface area contributed by atoms with Gasteiger partial charge in [0.05, 0.1) is 5.69 Å². The molecule has 1 heterocycles. The van der Waals surface area contributed by atoms with Crippen LogP contribution < -0.4 is 11.1 Å². The number of nitrogen functional groups attached to an aromatic ring is 1. The number of anilines is 3. The number of hydrogen-bond donors (Lipinski definition) is 2. The van der Waals surface area contributed by atoms with E-state index >= 15 is 0 Å². The fourth-order valence-corrected chi connectivity index (χ4v) is 2.31. The van der Waals surface area contributed by atoms with Crippen molar-refractivity contribution in [2.75, 3.05) is 11.1 Å². The van der Waals surface area contributed by atoms with Gasteiger partial charge in [-0.1, -0.05) is 23.8 Å². The molecule has 0 saturated carbocycles. The molecule has 0 bridgehead atoms. The van der Waals surface area contributed by atoms with Crippen molar-refractivity contribution in [3.05, 3.63) is 66.0 Å². The van der Waals surface area contributed by atoms with Crippen LogP contribution in [0.5, 0.6) is 0 Å². The van der Waals surface area contributed by atoms with Crippen molar-refractivity contribution in [2.24, 2.45) is 0 Å². The molecule has 3 heteroatoms. The van der Waals surface area contributed by atoms with Crippen LogP contribution in [0.4, 0.5) is 17.1 Å². The number of rotatable bonds is 3. The van der Waals surface area contributed by atoms with Crippen molar-refractivity contribution in [3.8, 4) is 0 Å². The van der Waals surface area contributed by atoms with Gasteiger partial charge in [-0.3, -0.25) is 4.98 Å². The van der Waals surface area contributed by atoms with Crippen molar-refractivity contribution in [1.29, 1.82) is 0 Å². The lowest BCUT2D eigenvalue weighted by Crippen LogP contribution is -1.94. The molecule has 0 saturated heterocycles. The minimum atomic E-state index is 0.752. The average molecular weight is 263 g/mol. The van der Waals surface area contributed by atoms with E-state index in [0.717, 1.165) is 29.2 Å². The van der Waals surface area contributed by atoms with Crippen LogP contribution in [0.1, 0.15) is 19.0 Å². The smallest absolute Gasteiger partial charge is 0.0685 e. The SMILES string of the molecule is CC1=CCC(c2cc(Nc3cccc(N)c3)ccn2)=C1. The molecule has 20 heavy (non-hydrogen) atoms.